The zero-order valence-corrected chi connectivity index (χ0v) is 89.6. The molecule has 13 saturated heterocycles. The molecule has 13 aliphatic rings. The minimum absolute atomic E-state index is 0.00551. The van der Waals surface area contributed by atoms with E-state index in [9.17, 15) is 0 Å². The van der Waals surface area contributed by atoms with Gasteiger partial charge in [0, 0.05) is 85.2 Å². The summed E-state index contributed by atoms with van der Waals surface area (Å²) in [5.41, 5.74) is 2.81. The molecule has 13 rings (SSSR count). The van der Waals surface area contributed by atoms with Gasteiger partial charge < -0.3 is 99.5 Å². The Morgan fingerprint density at radius 2 is 0.476 bits per heavy atom. The van der Waals surface area contributed by atoms with Crippen molar-refractivity contribution in [3.63, 3.8) is 0 Å². The lowest BCUT2D eigenvalue weighted by atomic mass is 9.76. The summed E-state index contributed by atoms with van der Waals surface area (Å²) in [5.74, 6) is 2.34. The van der Waals surface area contributed by atoms with Crippen molar-refractivity contribution in [1.29, 1.82) is 0 Å². The van der Waals surface area contributed by atoms with Crippen LogP contribution in [0.5, 0.6) is 0 Å². The average Bonchev–Trinajstić information content (AvgIpc) is 1.71. The maximum atomic E-state index is 5.67. The molecule has 13 aliphatic heterocycles. The fourth-order valence-corrected chi connectivity index (χ4v) is 14.1. The zero-order chi connectivity index (χ0) is 95.9. The molecule has 756 valence electrons. The van der Waals surface area contributed by atoms with Gasteiger partial charge in [-0.3, -0.25) is 0 Å². The van der Waals surface area contributed by atoms with Gasteiger partial charge in [0.05, 0.1) is 176 Å². The molecular formula is C105H210O21. The van der Waals surface area contributed by atoms with Crippen LogP contribution in [-0.4, -0.2) is 268 Å². The quantitative estimate of drug-likeness (QED) is 0.169. The molecule has 0 aromatic carbocycles. The molecule has 13 heterocycles. The van der Waals surface area contributed by atoms with E-state index in [1.54, 1.807) is 0 Å². The highest BCUT2D eigenvalue weighted by atomic mass is 16.6. The van der Waals surface area contributed by atoms with Crippen LogP contribution in [0.15, 0.2) is 0 Å². The van der Waals surface area contributed by atoms with Crippen LogP contribution in [0.1, 0.15) is 353 Å². The molecule has 21 nitrogen and oxygen atoms in total. The lowest BCUT2D eigenvalue weighted by Crippen LogP contribution is -2.41. The molecule has 0 aromatic rings. The second-order valence-electron chi connectivity index (χ2n) is 49.9. The van der Waals surface area contributed by atoms with Crippen molar-refractivity contribution >= 4 is 0 Å². The maximum Gasteiger partial charge on any atom is 0.105 e. The van der Waals surface area contributed by atoms with Crippen LogP contribution < -0.4 is 0 Å². The van der Waals surface area contributed by atoms with Crippen LogP contribution in [0, 0.1) is 61.1 Å². The van der Waals surface area contributed by atoms with Gasteiger partial charge in [-0.2, -0.15) is 0 Å². The first kappa shape index (κ1) is 123. The molecule has 3 unspecified atom stereocenters. The van der Waals surface area contributed by atoms with Crippen LogP contribution >= 0.6 is 0 Å². The van der Waals surface area contributed by atoms with E-state index in [2.05, 4.69) is 263 Å². The van der Waals surface area contributed by atoms with E-state index in [1.165, 1.54) is 57.8 Å². The summed E-state index contributed by atoms with van der Waals surface area (Å²) in [5, 5.41) is 0. The third kappa shape index (κ3) is 70.8. The van der Waals surface area contributed by atoms with Gasteiger partial charge in [0.1, 0.15) is 12.2 Å². The molecular weight excluding hydrogens is 1600 g/mol. The van der Waals surface area contributed by atoms with E-state index >= 15 is 0 Å². The summed E-state index contributed by atoms with van der Waals surface area (Å²) >= 11 is 0. The fourth-order valence-electron chi connectivity index (χ4n) is 14.1. The SMILES string of the molecule is CC(C)(C)C1CCCO1.CC(C)(C)C1CCOC1.CC(C)(C)C1CCOCC1.CC(C)(C)COC1COC1.CC(C)(C)CO[C@@H]1CCOC1.CC(C)(C)CO[C@H]1CCOC1.CC(C)(C)OC1CCOC1.CC(C)(C)OC1COC1.CC(C)(C)O[C@@H]1CCOC1.CC(C)(C)O[C@H]1CCOC1.CC(C)(C)[C@@H]1CCCO1.CC(C)(C)[C@H]1CCCO1.CC(C)OCC1COC1. The van der Waals surface area contributed by atoms with Gasteiger partial charge >= 0.3 is 0 Å². The Labute approximate surface area is 777 Å². The Kier molecular flexibility index (Phi) is 60.0. The van der Waals surface area contributed by atoms with E-state index in [-0.39, 0.29) is 38.6 Å². The van der Waals surface area contributed by atoms with E-state index in [0.717, 1.165) is 222 Å². The Hall–Kier alpha value is -0.840. The van der Waals surface area contributed by atoms with Crippen LogP contribution in [0.3, 0.4) is 0 Å². The molecule has 0 aliphatic carbocycles. The minimum Gasteiger partial charge on any atom is -0.381 e. The topological polar surface area (TPSA) is 194 Å². The van der Waals surface area contributed by atoms with Crippen molar-refractivity contribution in [2.45, 2.75) is 443 Å². The highest BCUT2D eigenvalue weighted by Crippen LogP contribution is 2.36. The summed E-state index contributed by atoms with van der Waals surface area (Å²) in [6.45, 7) is 106. The molecule has 13 fully saturated rings. The van der Waals surface area contributed by atoms with Crippen molar-refractivity contribution in [3.05, 3.63) is 0 Å². The Morgan fingerprint density at radius 1 is 0.230 bits per heavy atom. The smallest absolute Gasteiger partial charge is 0.105 e. The molecule has 0 bridgehead atoms. The van der Waals surface area contributed by atoms with Crippen LogP contribution in [0.2, 0.25) is 0 Å². The monoisotopic (exact) mass is 1810 g/mol. The second kappa shape index (κ2) is 61.4. The first-order valence-electron chi connectivity index (χ1n) is 49.7. The lowest BCUT2D eigenvalue weighted by Gasteiger charge is -2.33. The van der Waals surface area contributed by atoms with Crippen molar-refractivity contribution in [3.8, 4) is 0 Å². The predicted molar refractivity (Wildman–Crippen MR) is 517 cm³/mol. The highest BCUT2D eigenvalue weighted by molar-refractivity contribution is 4.83. The molecule has 0 N–H and O–H groups in total. The molecule has 0 aromatic heterocycles. The lowest BCUT2D eigenvalue weighted by molar-refractivity contribution is -0.176. The molecule has 0 saturated carbocycles. The maximum absolute atomic E-state index is 5.67. The van der Waals surface area contributed by atoms with Crippen LogP contribution in [-0.2, 0) is 99.5 Å². The van der Waals surface area contributed by atoms with Crippen molar-refractivity contribution < 1.29 is 99.5 Å². The van der Waals surface area contributed by atoms with Crippen LogP contribution in [0.4, 0.5) is 0 Å². The van der Waals surface area contributed by atoms with E-state index in [4.69, 9.17) is 99.5 Å². The average molecular weight is 1810 g/mol. The van der Waals surface area contributed by atoms with Crippen molar-refractivity contribution in [2.75, 3.05) is 178 Å². The third-order valence-electron chi connectivity index (χ3n) is 21.7. The van der Waals surface area contributed by atoms with E-state index in [1.807, 2.05) is 0 Å². The van der Waals surface area contributed by atoms with Crippen LogP contribution in [0.25, 0.3) is 0 Å². The van der Waals surface area contributed by atoms with Gasteiger partial charge in [-0.05, 0) is 242 Å². The first-order valence-corrected chi connectivity index (χ1v) is 49.7. The van der Waals surface area contributed by atoms with Crippen molar-refractivity contribution in [1.82, 2.24) is 0 Å². The fraction of sp³-hybridized carbons (Fsp3) is 1.00. The number of ether oxygens (including phenoxy) is 21. The summed E-state index contributed by atoms with van der Waals surface area (Å²) < 4.78 is 113. The molecule has 9 atom stereocenters. The largest absolute Gasteiger partial charge is 0.381 e. The number of hydrogen-bond acceptors (Lipinski definition) is 21. The number of rotatable bonds is 13. The Bertz CT molecular complexity index is 2320. The van der Waals surface area contributed by atoms with Gasteiger partial charge in [-0.15, -0.1) is 0 Å². The zero-order valence-electron chi connectivity index (χ0n) is 89.6. The summed E-state index contributed by atoms with van der Waals surface area (Å²) in [4.78, 5) is 0. The van der Waals surface area contributed by atoms with Gasteiger partial charge in [-0.25, -0.2) is 0 Å². The molecule has 21 heteroatoms. The van der Waals surface area contributed by atoms with Gasteiger partial charge in [0.15, 0.2) is 0 Å². The highest BCUT2D eigenvalue weighted by Gasteiger charge is 2.34. The van der Waals surface area contributed by atoms with Crippen molar-refractivity contribution in [2.24, 2.45) is 61.1 Å². The number of hydrogen-bond donors (Lipinski definition) is 0. The summed E-state index contributed by atoms with van der Waals surface area (Å²) in [7, 11) is 0. The van der Waals surface area contributed by atoms with Gasteiger partial charge in [0.2, 0.25) is 0 Å². The molecule has 126 heavy (non-hydrogen) atoms. The molecule has 0 radical (unpaired) electrons. The second-order valence-corrected chi connectivity index (χ2v) is 49.9. The Morgan fingerprint density at radius 3 is 0.643 bits per heavy atom. The summed E-state index contributed by atoms with van der Waals surface area (Å²) in [6, 6.07) is 0. The standard InChI is InChI=1S/2C9H18O2.C9H18O.4C8H16O2.4C8H16O.2C7H14O2/c2*1-9(2,3)7-11-8-4-5-10-6-8;1-9(2,3)8-4-6-10-7-5-8;1-8(2,3)6-10-7-4-9-5-7;3*1-8(2,3)10-7-4-5-9-6-7;1-8(2,3)7-4-5-9-6-7;3*1-8(2,3)7-5-4-6-9-7;1-7(2,3)9-6-4-8-5-6;1-6(2)9-5-7-3-8-4-7/h2*8H,4-7H2,1-3H3;8H,4-7H2,1-3H3;4*7H,4-6H2,1-3H3;4*7H,4-6H2,1-3H3;6H,4-5H2,1-3H3;6-7H,3-5H2,1-2H3/t2*8-;;;2*7-;;;2*7-;;;/m10..10..10.../s1. The third-order valence-corrected chi connectivity index (χ3v) is 21.7. The van der Waals surface area contributed by atoms with E-state index < -0.39 is 0 Å². The minimum atomic E-state index is -0.0155. The summed E-state index contributed by atoms with van der Waals surface area (Å²) in [6.07, 6.45) is 20.9. The normalized spacial score (nSPS) is 25.8. The van der Waals surface area contributed by atoms with Gasteiger partial charge in [0.25, 0.3) is 0 Å². The Balaban J connectivity index is 0.000000683. The molecule has 0 spiro atoms. The predicted octanol–water partition coefficient (Wildman–Crippen LogP) is 23.3. The first-order chi connectivity index (χ1) is 57.9. The molecule has 0 amide bonds. The van der Waals surface area contributed by atoms with E-state index in [0.29, 0.717) is 100 Å². The van der Waals surface area contributed by atoms with Gasteiger partial charge in [-0.1, -0.05) is 166 Å².